The summed E-state index contributed by atoms with van der Waals surface area (Å²) in [5.41, 5.74) is 0. The summed E-state index contributed by atoms with van der Waals surface area (Å²) in [7, 11) is 1.66. The molecule has 2 fully saturated rings. The third-order valence-electron chi connectivity index (χ3n) is 10.4. The van der Waals surface area contributed by atoms with Crippen molar-refractivity contribution in [3.05, 3.63) is 0 Å². The lowest BCUT2D eigenvalue weighted by molar-refractivity contribution is -0.177. The van der Waals surface area contributed by atoms with Crippen molar-refractivity contribution in [3.8, 4) is 0 Å². The lowest BCUT2D eigenvalue weighted by Gasteiger charge is -2.39. The van der Waals surface area contributed by atoms with Gasteiger partial charge >= 0.3 is 11.9 Å². The summed E-state index contributed by atoms with van der Waals surface area (Å²) in [5, 5.41) is 9.24. The van der Waals surface area contributed by atoms with Crippen molar-refractivity contribution in [2.75, 3.05) is 46.6 Å². The van der Waals surface area contributed by atoms with Crippen molar-refractivity contribution in [3.63, 3.8) is 0 Å². The molecule has 0 aromatic rings. The fourth-order valence-electron chi connectivity index (χ4n) is 7.47. The third kappa shape index (κ3) is 19.5. The molecule has 2 rings (SSSR count). The molecule has 8 heteroatoms. The molecule has 0 radical (unpaired) electrons. The summed E-state index contributed by atoms with van der Waals surface area (Å²) in [6.07, 6.45) is 23.9. The maximum Gasteiger partial charge on any atom is 0.308 e. The van der Waals surface area contributed by atoms with E-state index in [2.05, 4.69) is 18.7 Å². The van der Waals surface area contributed by atoms with Gasteiger partial charge in [-0.1, -0.05) is 84.5 Å². The Bertz CT molecular complexity index is 780. The van der Waals surface area contributed by atoms with Crippen molar-refractivity contribution in [1.29, 1.82) is 0 Å². The summed E-state index contributed by atoms with van der Waals surface area (Å²) < 4.78 is 22.4. The van der Waals surface area contributed by atoms with Crippen LogP contribution in [0.1, 0.15) is 162 Å². The van der Waals surface area contributed by atoms with E-state index >= 15 is 0 Å². The summed E-state index contributed by atoms with van der Waals surface area (Å²) in [5.74, 6) is 1.13. The highest BCUT2D eigenvalue weighted by molar-refractivity contribution is 5.72. The average Bonchev–Trinajstić information content (AvgIpc) is 3.51. The largest absolute Gasteiger partial charge is 0.465 e. The number of carbonyl (C=O) groups excluding carboxylic acids is 2. The zero-order chi connectivity index (χ0) is 34.0. The van der Waals surface area contributed by atoms with Crippen LogP contribution >= 0.6 is 0 Å². The number of unbranched alkanes of at least 4 members (excludes halogenated alkanes) is 10. The zero-order valence-electron chi connectivity index (χ0n) is 30.7. The number of rotatable bonds is 29. The van der Waals surface area contributed by atoms with Crippen LogP contribution in [-0.2, 0) is 28.5 Å². The van der Waals surface area contributed by atoms with Gasteiger partial charge in [-0.05, 0) is 89.1 Å². The predicted octanol–water partition coefficient (Wildman–Crippen LogP) is 8.61. The van der Waals surface area contributed by atoms with Crippen LogP contribution in [0.2, 0.25) is 0 Å². The molecule has 5 unspecified atom stereocenters. The molecule has 8 nitrogen and oxygen atoms in total. The molecule has 47 heavy (non-hydrogen) atoms. The van der Waals surface area contributed by atoms with Crippen LogP contribution in [0.5, 0.6) is 0 Å². The minimum atomic E-state index is -0.432. The first-order valence-corrected chi connectivity index (χ1v) is 19.8. The number of methoxy groups -OCH3 is 1. The van der Waals surface area contributed by atoms with Gasteiger partial charge in [-0.25, -0.2) is 0 Å². The van der Waals surface area contributed by atoms with Crippen LogP contribution in [0, 0.1) is 17.8 Å². The van der Waals surface area contributed by atoms with Crippen LogP contribution in [-0.4, -0.2) is 80.9 Å². The SMILES string of the molecule is CCCCCCCCC(CCCCCC)C(=O)OCCCC1CCN(CCCCO)CC1CCCCC(=O)OC1CCC(COC)O1. The topological polar surface area (TPSA) is 94.5 Å². The fraction of sp³-hybridized carbons (Fsp3) is 0.949. The van der Waals surface area contributed by atoms with Gasteiger partial charge in [0.2, 0.25) is 6.29 Å². The number of piperidine rings is 1. The number of likely N-dealkylation sites (tertiary alicyclic amines) is 1. The summed E-state index contributed by atoms with van der Waals surface area (Å²) in [6, 6.07) is 0. The van der Waals surface area contributed by atoms with E-state index < -0.39 is 6.29 Å². The Balaban J connectivity index is 1.76. The standard InChI is InChI=1S/C39H73NO7/c1-4-6-8-10-11-13-20-34(19-12-9-7-5-2)39(43)45-30-18-22-33-26-28-40(27-16-17-29-41)31-35(33)21-14-15-23-37(42)47-38-25-24-36(46-38)32-44-3/h33-36,38,41H,4-32H2,1-3H3. The lowest BCUT2D eigenvalue weighted by atomic mass is 9.79. The first-order chi connectivity index (χ1) is 23.0. The highest BCUT2D eigenvalue weighted by atomic mass is 16.7. The van der Waals surface area contributed by atoms with Gasteiger partial charge in [0.15, 0.2) is 0 Å². The fourth-order valence-corrected chi connectivity index (χ4v) is 7.47. The summed E-state index contributed by atoms with van der Waals surface area (Å²) >= 11 is 0. The second-order valence-electron chi connectivity index (χ2n) is 14.4. The average molecular weight is 668 g/mol. The molecule has 2 aliphatic rings. The number of aliphatic hydroxyl groups excluding tert-OH is 1. The molecule has 0 amide bonds. The molecule has 0 bridgehead atoms. The quantitative estimate of drug-likeness (QED) is 0.0626. The van der Waals surface area contributed by atoms with E-state index in [9.17, 15) is 14.7 Å². The predicted molar refractivity (Wildman–Crippen MR) is 189 cm³/mol. The minimum Gasteiger partial charge on any atom is -0.465 e. The summed E-state index contributed by atoms with van der Waals surface area (Å²) in [6.45, 7) is 9.02. The molecule has 2 aliphatic heterocycles. The molecule has 2 saturated heterocycles. The Morgan fingerprint density at radius 3 is 2.23 bits per heavy atom. The van der Waals surface area contributed by atoms with Crippen LogP contribution in [0.15, 0.2) is 0 Å². The Morgan fingerprint density at radius 1 is 0.809 bits per heavy atom. The van der Waals surface area contributed by atoms with Crippen molar-refractivity contribution >= 4 is 11.9 Å². The molecular formula is C39H73NO7. The Hall–Kier alpha value is -1.22. The molecule has 0 saturated carbocycles. The van der Waals surface area contributed by atoms with Crippen molar-refractivity contribution in [2.45, 2.75) is 174 Å². The first kappa shape index (κ1) is 41.9. The molecule has 0 spiro atoms. The van der Waals surface area contributed by atoms with E-state index in [-0.39, 0.29) is 30.6 Å². The highest BCUT2D eigenvalue weighted by Gasteiger charge is 2.30. The smallest absolute Gasteiger partial charge is 0.308 e. The van der Waals surface area contributed by atoms with Crippen LogP contribution < -0.4 is 0 Å². The number of hydrogen-bond donors (Lipinski definition) is 1. The number of nitrogens with zero attached hydrogens (tertiary/aromatic N) is 1. The zero-order valence-corrected chi connectivity index (χ0v) is 30.7. The Kier molecular flexibility index (Phi) is 24.6. The summed E-state index contributed by atoms with van der Waals surface area (Å²) in [4.78, 5) is 28.2. The Morgan fingerprint density at radius 2 is 1.51 bits per heavy atom. The number of hydrogen-bond acceptors (Lipinski definition) is 8. The Labute approximate surface area is 288 Å². The number of esters is 2. The minimum absolute atomic E-state index is 0.0203. The maximum atomic E-state index is 13.1. The van der Waals surface area contributed by atoms with Crippen molar-refractivity contribution in [1.82, 2.24) is 4.90 Å². The van der Waals surface area contributed by atoms with E-state index in [4.69, 9.17) is 18.9 Å². The normalized spacial score (nSPS) is 22.4. The molecule has 276 valence electrons. The maximum absolute atomic E-state index is 13.1. The molecular weight excluding hydrogens is 594 g/mol. The van der Waals surface area contributed by atoms with Gasteiger partial charge in [0.25, 0.3) is 0 Å². The molecule has 0 aliphatic carbocycles. The van der Waals surface area contributed by atoms with Gasteiger partial charge in [-0.2, -0.15) is 0 Å². The number of ether oxygens (including phenoxy) is 4. The van der Waals surface area contributed by atoms with E-state index in [1.54, 1.807) is 7.11 Å². The number of carbonyl (C=O) groups is 2. The molecule has 0 aromatic carbocycles. The first-order valence-electron chi connectivity index (χ1n) is 19.8. The van der Waals surface area contributed by atoms with Crippen LogP contribution in [0.4, 0.5) is 0 Å². The van der Waals surface area contributed by atoms with Gasteiger partial charge in [-0.3, -0.25) is 9.59 Å². The van der Waals surface area contributed by atoms with E-state index in [0.29, 0.717) is 31.5 Å². The van der Waals surface area contributed by atoms with Gasteiger partial charge < -0.3 is 29.0 Å². The van der Waals surface area contributed by atoms with E-state index in [1.807, 2.05) is 0 Å². The van der Waals surface area contributed by atoms with E-state index in [1.165, 1.54) is 57.8 Å². The monoisotopic (exact) mass is 668 g/mol. The third-order valence-corrected chi connectivity index (χ3v) is 10.4. The van der Waals surface area contributed by atoms with Crippen LogP contribution in [0.3, 0.4) is 0 Å². The van der Waals surface area contributed by atoms with Crippen molar-refractivity contribution in [2.24, 2.45) is 17.8 Å². The second kappa shape index (κ2) is 27.6. The van der Waals surface area contributed by atoms with Gasteiger partial charge in [0.1, 0.15) is 0 Å². The van der Waals surface area contributed by atoms with Gasteiger partial charge in [-0.15, -0.1) is 0 Å². The number of aliphatic hydroxyl groups is 1. The molecule has 1 N–H and O–H groups in total. The molecule has 5 atom stereocenters. The van der Waals surface area contributed by atoms with Crippen molar-refractivity contribution < 1.29 is 33.6 Å². The van der Waals surface area contributed by atoms with Gasteiger partial charge in [0, 0.05) is 33.1 Å². The molecule has 2 heterocycles. The van der Waals surface area contributed by atoms with E-state index in [0.717, 1.165) is 103 Å². The highest BCUT2D eigenvalue weighted by Crippen LogP contribution is 2.32. The lowest BCUT2D eigenvalue weighted by Crippen LogP contribution is -2.41. The van der Waals surface area contributed by atoms with Gasteiger partial charge in [0.05, 0.1) is 25.2 Å². The molecule has 0 aromatic heterocycles. The second-order valence-corrected chi connectivity index (χ2v) is 14.4. The van der Waals surface area contributed by atoms with Crippen LogP contribution in [0.25, 0.3) is 0 Å².